The summed E-state index contributed by atoms with van der Waals surface area (Å²) < 4.78 is 5.48. The van der Waals surface area contributed by atoms with Gasteiger partial charge in [0, 0.05) is 31.1 Å². The maximum Gasteiger partial charge on any atom is 0.275 e. The Kier molecular flexibility index (Phi) is 5.74. The Bertz CT molecular complexity index is 803. The van der Waals surface area contributed by atoms with E-state index in [9.17, 15) is 9.59 Å². The molecule has 0 radical (unpaired) electrons. The van der Waals surface area contributed by atoms with E-state index in [0.717, 1.165) is 18.4 Å². The van der Waals surface area contributed by atoms with E-state index in [4.69, 9.17) is 4.42 Å². The third kappa shape index (κ3) is 4.43. The molecule has 2 heterocycles. The van der Waals surface area contributed by atoms with Gasteiger partial charge in [0.25, 0.3) is 5.91 Å². The minimum atomic E-state index is -0.110. The highest BCUT2D eigenvalue weighted by atomic mass is 16.3. The molecule has 1 aromatic carbocycles. The number of nitrogens with zero attached hydrogens (tertiary/aromatic N) is 2. The highest BCUT2D eigenvalue weighted by Crippen LogP contribution is 2.27. The van der Waals surface area contributed by atoms with Gasteiger partial charge in [-0.05, 0) is 43.7 Å². The summed E-state index contributed by atoms with van der Waals surface area (Å²) in [5.41, 5.74) is 1.19. The van der Waals surface area contributed by atoms with Gasteiger partial charge < -0.3 is 14.6 Å². The number of carbonyl (C=O) groups is 2. The number of nitrogens with one attached hydrogen (secondary N) is 1. The average molecular weight is 381 g/mol. The molecule has 1 saturated carbocycles. The second kappa shape index (κ2) is 8.59. The van der Waals surface area contributed by atoms with Gasteiger partial charge in [-0.1, -0.05) is 31.0 Å². The first kappa shape index (κ1) is 18.7. The molecule has 1 aromatic heterocycles. The predicted molar refractivity (Wildman–Crippen MR) is 106 cm³/mol. The van der Waals surface area contributed by atoms with E-state index in [2.05, 4.69) is 10.3 Å². The second-order valence-corrected chi connectivity index (χ2v) is 7.89. The van der Waals surface area contributed by atoms with Crippen LogP contribution in [0.2, 0.25) is 0 Å². The van der Waals surface area contributed by atoms with Crippen molar-refractivity contribution in [1.82, 2.24) is 15.2 Å². The van der Waals surface area contributed by atoms with Gasteiger partial charge in [-0.2, -0.15) is 0 Å². The molecule has 28 heavy (non-hydrogen) atoms. The number of likely N-dealkylation sites (tertiary alicyclic amines) is 1. The average Bonchev–Trinajstić information content (AvgIpc) is 3.41. The van der Waals surface area contributed by atoms with Gasteiger partial charge in [0.05, 0.1) is 0 Å². The zero-order valence-corrected chi connectivity index (χ0v) is 16.1. The molecule has 0 unspecified atom stereocenters. The summed E-state index contributed by atoms with van der Waals surface area (Å²) in [4.78, 5) is 31.1. The summed E-state index contributed by atoms with van der Waals surface area (Å²) in [5, 5.41) is 3.16. The Labute approximate surface area is 165 Å². The van der Waals surface area contributed by atoms with Crippen molar-refractivity contribution in [3.8, 4) is 11.5 Å². The lowest BCUT2D eigenvalue weighted by molar-refractivity contribution is -0.122. The van der Waals surface area contributed by atoms with Crippen LogP contribution < -0.4 is 5.32 Å². The maximum absolute atomic E-state index is 12.7. The number of aromatic nitrogens is 1. The number of hydrogen-bond donors (Lipinski definition) is 1. The summed E-state index contributed by atoms with van der Waals surface area (Å²) in [6, 6.07) is 9.71. The Morgan fingerprint density at radius 3 is 2.50 bits per heavy atom. The van der Waals surface area contributed by atoms with Gasteiger partial charge in [-0.3, -0.25) is 9.59 Å². The van der Waals surface area contributed by atoms with E-state index >= 15 is 0 Å². The molecule has 0 atom stereocenters. The lowest BCUT2D eigenvalue weighted by Crippen LogP contribution is -2.46. The van der Waals surface area contributed by atoms with Crippen LogP contribution in [0.4, 0.5) is 0 Å². The molecule has 4 rings (SSSR count). The Balaban J connectivity index is 1.27. The number of rotatable bonds is 5. The highest BCUT2D eigenvalue weighted by Gasteiger charge is 2.27. The smallest absolute Gasteiger partial charge is 0.275 e. The second-order valence-electron chi connectivity index (χ2n) is 7.89. The Morgan fingerprint density at radius 1 is 1.07 bits per heavy atom. The number of carbonyl (C=O) groups excluding carboxylic acids is 2. The summed E-state index contributed by atoms with van der Waals surface area (Å²) in [7, 11) is 0. The first-order chi connectivity index (χ1) is 13.7. The molecule has 2 aliphatic rings. The molecule has 148 valence electrons. The molecule has 2 aromatic rings. The number of benzene rings is 1. The third-order valence-corrected chi connectivity index (χ3v) is 5.84. The van der Waals surface area contributed by atoms with Crippen molar-refractivity contribution >= 4 is 11.8 Å². The molecule has 6 nitrogen and oxygen atoms in total. The van der Waals surface area contributed by atoms with Gasteiger partial charge in [-0.25, -0.2) is 4.98 Å². The highest BCUT2D eigenvalue weighted by molar-refractivity contribution is 5.92. The quantitative estimate of drug-likeness (QED) is 0.858. The van der Waals surface area contributed by atoms with Gasteiger partial charge in [0.1, 0.15) is 6.26 Å². The van der Waals surface area contributed by atoms with Crippen molar-refractivity contribution in [1.29, 1.82) is 0 Å². The van der Waals surface area contributed by atoms with Crippen LogP contribution in [0.5, 0.6) is 0 Å². The van der Waals surface area contributed by atoms with Crippen LogP contribution >= 0.6 is 0 Å². The van der Waals surface area contributed by atoms with Crippen LogP contribution in [-0.2, 0) is 4.79 Å². The van der Waals surface area contributed by atoms with Crippen LogP contribution in [-0.4, -0.2) is 40.8 Å². The van der Waals surface area contributed by atoms with Crippen LogP contribution in [0, 0.1) is 5.92 Å². The van der Waals surface area contributed by atoms with Crippen molar-refractivity contribution in [2.75, 3.05) is 13.1 Å². The lowest BCUT2D eigenvalue weighted by atomic mass is 10.0. The molecule has 1 saturated heterocycles. The molecular weight excluding hydrogens is 354 g/mol. The minimum absolute atomic E-state index is 0.110. The standard InChI is InChI=1S/C22H27N3O3/c26-20(14-16-6-4-5-7-16)23-18-10-12-25(13-11-18)22(27)19-15-28-21(24-19)17-8-2-1-3-9-17/h1-3,8-9,15-16,18H,4-7,10-14H2,(H,23,26). The number of amides is 2. The normalized spacial score (nSPS) is 18.4. The fourth-order valence-corrected chi connectivity index (χ4v) is 4.24. The van der Waals surface area contributed by atoms with E-state index in [1.54, 1.807) is 4.90 Å². The van der Waals surface area contributed by atoms with Crippen molar-refractivity contribution in [3.63, 3.8) is 0 Å². The Morgan fingerprint density at radius 2 is 1.79 bits per heavy atom. The Hall–Kier alpha value is -2.63. The van der Waals surface area contributed by atoms with Crippen LogP contribution in [0.15, 0.2) is 41.0 Å². The predicted octanol–water partition coefficient (Wildman–Crippen LogP) is 3.64. The number of piperidine rings is 1. The van der Waals surface area contributed by atoms with E-state index in [-0.39, 0.29) is 17.9 Å². The summed E-state index contributed by atoms with van der Waals surface area (Å²) >= 11 is 0. The SMILES string of the molecule is O=C(CC1CCCC1)NC1CCN(C(=O)c2coc(-c3ccccc3)n2)CC1. The molecule has 2 amide bonds. The topological polar surface area (TPSA) is 75.4 Å². The third-order valence-electron chi connectivity index (χ3n) is 5.84. The van der Waals surface area contributed by atoms with E-state index in [0.29, 0.717) is 37.0 Å². The molecule has 2 fully saturated rings. The lowest BCUT2D eigenvalue weighted by Gasteiger charge is -2.32. The summed E-state index contributed by atoms with van der Waals surface area (Å²) in [6.45, 7) is 1.25. The molecular formula is C22H27N3O3. The van der Waals surface area contributed by atoms with Crippen LogP contribution in [0.1, 0.15) is 55.4 Å². The van der Waals surface area contributed by atoms with Crippen molar-refractivity contribution < 1.29 is 14.0 Å². The van der Waals surface area contributed by atoms with Gasteiger partial charge in [-0.15, -0.1) is 0 Å². The van der Waals surface area contributed by atoms with Gasteiger partial charge in [0.15, 0.2) is 5.69 Å². The van der Waals surface area contributed by atoms with Crippen LogP contribution in [0.3, 0.4) is 0 Å². The zero-order valence-electron chi connectivity index (χ0n) is 16.1. The maximum atomic E-state index is 12.7. The van der Waals surface area contributed by atoms with Crippen molar-refractivity contribution in [2.24, 2.45) is 5.92 Å². The molecule has 6 heteroatoms. The van der Waals surface area contributed by atoms with Crippen molar-refractivity contribution in [2.45, 2.75) is 51.0 Å². The van der Waals surface area contributed by atoms with E-state index in [1.807, 2.05) is 30.3 Å². The fraction of sp³-hybridized carbons (Fsp3) is 0.500. The minimum Gasteiger partial charge on any atom is -0.444 e. The van der Waals surface area contributed by atoms with Gasteiger partial charge >= 0.3 is 0 Å². The van der Waals surface area contributed by atoms with Crippen molar-refractivity contribution in [3.05, 3.63) is 42.3 Å². The monoisotopic (exact) mass is 381 g/mol. The number of hydrogen-bond acceptors (Lipinski definition) is 4. The van der Waals surface area contributed by atoms with Crippen LogP contribution in [0.25, 0.3) is 11.5 Å². The molecule has 1 aliphatic heterocycles. The zero-order chi connectivity index (χ0) is 19.3. The first-order valence-electron chi connectivity index (χ1n) is 10.3. The summed E-state index contributed by atoms with van der Waals surface area (Å²) in [5.74, 6) is 1.08. The molecule has 1 aliphatic carbocycles. The fourth-order valence-electron chi connectivity index (χ4n) is 4.24. The summed E-state index contributed by atoms with van der Waals surface area (Å²) in [6.07, 6.45) is 8.53. The van der Waals surface area contributed by atoms with E-state index in [1.165, 1.54) is 31.9 Å². The molecule has 1 N–H and O–H groups in total. The first-order valence-corrected chi connectivity index (χ1v) is 10.3. The molecule has 0 bridgehead atoms. The number of oxazole rings is 1. The van der Waals surface area contributed by atoms with Gasteiger partial charge in [0.2, 0.25) is 11.8 Å². The largest absolute Gasteiger partial charge is 0.444 e. The van der Waals surface area contributed by atoms with E-state index < -0.39 is 0 Å². The molecule has 0 spiro atoms.